The number of nitrogens with one attached hydrogen (secondary N) is 1. The number of rotatable bonds is 4. The van der Waals surface area contributed by atoms with E-state index in [1.807, 2.05) is 0 Å². The molecule has 8 heteroatoms. The van der Waals surface area contributed by atoms with Crippen LogP contribution in [0.3, 0.4) is 0 Å². The molecular weight excluding hydrogens is 286 g/mol. The number of halogens is 1. The van der Waals surface area contributed by atoms with Crippen molar-refractivity contribution in [3.05, 3.63) is 45.5 Å². The Labute approximate surface area is 118 Å². The number of primary amides is 1. The monoisotopic (exact) mass is 295 g/mol. The van der Waals surface area contributed by atoms with Crippen LogP contribution in [-0.4, -0.2) is 23.0 Å². The number of nitrogens with two attached hydrogens (primary N) is 1. The number of carbonyl (C=O) groups excluding carboxylic acids is 1. The van der Waals surface area contributed by atoms with Gasteiger partial charge in [0, 0.05) is 11.6 Å². The molecule has 1 aromatic heterocycles. The first-order valence-electron chi connectivity index (χ1n) is 5.41. The smallest absolute Gasteiger partial charge is 0.273 e. The summed E-state index contributed by atoms with van der Waals surface area (Å²) in [6, 6.07) is 4.36. The standard InChI is InChI=1S/C12H10ClN3O4/c1-19-7-2-6(10(14)17)3-8(4-7)20-12-9(13)11(18)15-5-16-12/h2-5H,1H3,(H2,14,17)(H,15,16,18). The summed E-state index contributed by atoms with van der Waals surface area (Å²) in [5.41, 5.74) is 4.87. The van der Waals surface area contributed by atoms with Gasteiger partial charge in [-0.1, -0.05) is 11.6 Å². The Hall–Kier alpha value is -2.54. The van der Waals surface area contributed by atoms with Gasteiger partial charge in [0.1, 0.15) is 11.5 Å². The number of hydrogen-bond donors (Lipinski definition) is 2. The molecule has 0 saturated carbocycles. The van der Waals surface area contributed by atoms with Crippen molar-refractivity contribution in [3.63, 3.8) is 0 Å². The molecular formula is C12H10ClN3O4. The minimum atomic E-state index is -0.640. The molecule has 0 spiro atoms. The van der Waals surface area contributed by atoms with Crippen LogP contribution in [0.4, 0.5) is 0 Å². The molecule has 3 N–H and O–H groups in total. The second-order valence-corrected chi connectivity index (χ2v) is 4.09. The van der Waals surface area contributed by atoms with Crippen LogP contribution in [-0.2, 0) is 0 Å². The molecule has 0 unspecified atom stereocenters. The Morgan fingerprint density at radius 2 is 2.05 bits per heavy atom. The highest BCUT2D eigenvalue weighted by Gasteiger charge is 2.11. The van der Waals surface area contributed by atoms with Crippen LogP contribution in [0.25, 0.3) is 0 Å². The van der Waals surface area contributed by atoms with Crippen LogP contribution in [0, 0.1) is 0 Å². The highest BCUT2D eigenvalue weighted by Crippen LogP contribution is 2.28. The molecule has 0 saturated heterocycles. The third-order valence-corrected chi connectivity index (χ3v) is 2.71. The lowest BCUT2D eigenvalue weighted by Crippen LogP contribution is -2.11. The fourth-order valence-corrected chi connectivity index (χ4v) is 1.58. The molecule has 0 aliphatic carbocycles. The third kappa shape index (κ3) is 2.89. The largest absolute Gasteiger partial charge is 0.497 e. The van der Waals surface area contributed by atoms with Gasteiger partial charge in [0.25, 0.3) is 5.56 Å². The molecule has 2 rings (SSSR count). The fraction of sp³-hybridized carbons (Fsp3) is 0.0833. The van der Waals surface area contributed by atoms with Crippen molar-refractivity contribution < 1.29 is 14.3 Å². The highest BCUT2D eigenvalue weighted by atomic mass is 35.5. The zero-order valence-corrected chi connectivity index (χ0v) is 11.1. The summed E-state index contributed by atoms with van der Waals surface area (Å²) in [5, 5.41) is -0.198. The van der Waals surface area contributed by atoms with E-state index in [1.54, 1.807) is 0 Å². The lowest BCUT2D eigenvalue weighted by atomic mass is 10.2. The molecule has 20 heavy (non-hydrogen) atoms. The number of aromatic amines is 1. The van der Waals surface area contributed by atoms with Crippen molar-refractivity contribution in [1.82, 2.24) is 9.97 Å². The molecule has 0 aliphatic heterocycles. The molecule has 1 heterocycles. The van der Waals surface area contributed by atoms with E-state index in [0.29, 0.717) is 5.75 Å². The van der Waals surface area contributed by atoms with Crippen molar-refractivity contribution in [3.8, 4) is 17.4 Å². The van der Waals surface area contributed by atoms with E-state index in [-0.39, 0.29) is 22.2 Å². The predicted octanol–water partition coefficient (Wildman–Crippen LogP) is 1.32. The van der Waals surface area contributed by atoms with Crippen LogP contribution in [0.5, 0.6) is 17.4 Å². The molecule has 0 bridgehead atoms. The number of carbonyl (C=O) groups is 1. The molecule has 0 aliphatic rings. The van der Waals surface area contributed by atoms with Crippen molar-refractivity contribution >= 4 is 17.5 Å². The fourth-order valence-electron chi connectivity index (χ4n) is 1.44. The van der Waals surface area contributed by atoms with Gasteiger partial charge < -0.3 is 20.2 Å². The van der Waals surface area contributed by atoms with E-state index in [1.165, 1.54) is 25.3 Å². The average molecular weight is 296 g/mol. The summed E-state index contributed by atoms with van der Waals surface area (Å²) in [5.74, 6) is -0.131. The van der Waals surface area contributed by atoms with E-state index in [2.05, 4.69) is 9.97 Å². The third-order valence-electron chi connectivity index (χ3n) is 2.38. The van der Waals surface area contributed by atoms with Crippen molar-refractivity contribution in [2.24, 2.45) is 5.73 Å². The maximum atomic E-state index is 11.3. The summed E-state index contributed by atoms with van der Waals surface area (Å²) in [6.07, 6.45) is 1.15. The quantitative estimate of drug-likeness (QED) is 0.884. The van der Waals surface area contributed by atoms with E-state index >= 15 is 0 Å². The van der Waals surface area contributed by atoms with E-state index in [9.17, 15) is 9.59 Å². The summed E-state index contributed by atoms with van der Waals surface area (Å²) >= 11 is 5.76. The van der Waals surface area contributed by atoms with Crippen molar-refractivity contribution in [2.45, 2.75) is 0 Å². The van der Waals surface area contributed by atoms with Crippen molar-refractivity contribution in [2.75, 3.05) is 7.11 Å². The maximum Gasteiger partial charge on any atom is 0.273 e. The van der Waals surface area contributed by atoms with Gasteiger partial charge in [0.15, 0.2) is 5.02 Å². The normalized spacial score (nSPS) is 10.1. The minimum absolute atomic E-state index is 0.0842. The minimum Gasteiger partial charge on any atom is -0.497 e. The Morgan fingerprint density at radius 1 is 1.35 bits per heavy atom. The van der Waals surface area contributed by atoms with Crippen LogP contribution >= 0.6 is 11.6 Å². The molecule has 0 fully saturated rings. The molecule has 104 valence electrons. The zero-order valence-electron chi connectivity index (χ0n) is 10.3. The number of benzene rings is 1. The number of nitrogens with zero attached hydrogens (tertiary/aromatic N) is 1. The van der Waals surface area contributed by atoms with Gasteiger partial charge in [-0.3, -0.25) is 9.59 Å². The van der Waals surface area contributed by atoms with Crippen LogP contribution < -0.4 is 20.8 Å². The number of H-pyrrole nitrogens is 1. The average Bonchev–Trinajstić information content (AvgIpc) is 2.43. The molecule has 1 aromatic carbocycles. The van der Waals surface area contributed by atoms with Crippen LogP contribution in [0.1, 0.15) is 10.4 Å². The predicted molar refractivity (Wildman–Crippen MR) is 71.5 cm³/mol. The number of aromatic nitrogens is 2. The van der Waals surface area contributed by atoms with Gasteiger partial charge in [-0.15, -0.1) is 0 Å². The second kappa shape index (κ2) is 5.62. The lowest BCUT2D eigenvalue weighted by Gasteiger charge is -2.09. The van der Waals surface area contributed by atoms with Gasteiger partial charge in [0.05, 0.1) is 13.4 Å². The molecule has 0 atom stereocenters. The SMILES string of the molecule is COc1cc(Oc2nc[nH]c(=O)c2Cl)cc(C(N)=O)c1. The Balaban J connectivity index is 2.42. The van der Waals surface area contributed by atoms with Gasteiger partial charge in [-0.05, 0) is 12.1 Å². The molecule has 0 radical (unpaired) electrons. The Morgan fingerprint density at radius 3 is 2.70 bits per heavy atom. The van der Waals surface area contributed by atoms with Crippen molar-refractivity contribution in [1.29, 1.82) is 0 Å². The van der Waals surface area contributed by atoms with Gasteiger partial charge in [0.2, 0.25) is 11.8 Å². The van der Waals surface area contributed by atoms with Gasteiger partial charge >= 0.3 is 0 Å². The summed E-state index contributed by atoms with van der Waals surface area (Å²) in [6.45, 7) is 0. The number of amides is 1. The Bertz CT molecular complexity index is 714. The van der Waals surface area contributed by atoms with Gasteiger partial charge in [-0.2, -0.15) is 0 Å². The highest BCUT2D eigenvalue weighted by molar-refractivity contribution is 6.31. The number of ether oxygens (including phenoxy) is 2. The number of methoxy groups -OCH3 is 1. The molecule has 1 amide bonds. The maximum absolute atomic E-state index is 11.3. The van der Waals surface area contributed by atoms with Crippen LogP contribution in [0.2, 0.25) is 5.02 Å². The topological polar surface area (TPSA) is 107 Å². The van der Waals surface area contributed by atoms with E-state index in [4.69, 9.17) is 26.8 Å². The summed E-state index contributed by atoms with van der Waals surface area (Å²) in [7, 11) is 1.43. The summed E-state index contributed by atoms with van der Waals surface area (Å²) in [4.78, 5) is 28.6. The summed E-state index contributed by atoms with van der Waals surface area (Å²) < 4.78 is 10.4. The zero-order chi connectivity index (χ0) is 14.7. The van der Waals surface area contributed by atoms with Crippen LogP contribution in [0.15, 0.2) is 29.3 Å². The molecule has 7 nitrogen and oxygen atoms in total. The number of hydrogen-bond acceptors (Lipinski definition) is 5. The van der Waals surface area contributed by atoms with E-state index < -0.39 is 11.5 Å². The lowest BCUT2D eigenvalue weighted by molar-refractivity contribution is 0.0999. The first-order chi connectivity index (χ1) is 9.51. The second-order valence-electron chi connectivity index (χ2n) is 3.71. The first kappa shape index (κ1) is 13.9. The van der Waals surface area contributed by atoms with Gasteiger partial charge in [-0.25, -0.2) is 4.98 Å². The first-order valence-corrected chi connectivity index (χ1v) is 5.79. The van der Waals surface area contributed by atoms with E-state index in [0.717, 1.165) is 6.33 Å². The Kier molecular flexibility index (Phi) is 3.90. The molecule has 2 aromatic rings.